The van der Waals surface area contributed by atoms with Gasteiger partial charge in [-0.1, -0.05) is 12.8 Å². The Morgan fingerprint density at radius 3 is 2.47 bits per heavy atom. The molecule has 17 heavy (non-hydrogen) atoms. The van der Waals surface area contributed by atoms with Crippen molar-refractivity contribution in [1.29, 1.82) is 0 Å². The molecule has 2 aliphatic rings. The molecule has 3 nitrogen and oxygen atoms in total. The predicted octanol–water partition coefficient (Wildman–Crippen LogP) is 2.75. The highest BCUT2D eigenvalue weighted by Crippen LogP contribution is 2.44. The van der Waals surface area contributed by atoms with Crippen molar-refractivity contribution in [2.75, 3.05) is 6.54 Å². The minimum Gasteiger partial charge on any atom is -0.480 e. The molecule has 2 aliphatic carbocycles. The van der Waals surface area contributed by atoms with Crippen molar-refractivity contribution in [3.63, 3.8) is 0 Å². The molecular formula is C14H25NO2. The molecule has 0 aromatic heterocycles. The van der Waals surface area contributed by atoms with Gasteiger partial charge in [0, 0.05) is 12.1 Å². The molecule has 1 N–H and O–H groups in total. The Bertz CT molecular complexity index is 273. The smallest absolute Gasteiger partial charge is 0.317 e. The molecule has 0 heterocycles. The maximum absolute atomic E-state index is 10.9. The van der Waals surface area contributed by atoms with Gasteiger partial charge in [0.05, 0.1) is 6.54 Å². The van der Waals surface area contributed by atoms with Crippen LogP contribution in [0.5, 0.6) is 0 Å². The molecule has 0 aromatic rings. The second-order valence-electron chi connectivity index (χ2n) is 6.08. The van der Waals surface area contributed by atoms with Gasteiger partial charge in [-0.15, -0.1) is 0 Å². The Morgan fingerprint density at radius 1 is 1.24 bits per heavy atom. The number of hydrogen-bond donors (Lipinski definition) is 1. The van der Waals surface area contributed by atoms with Crippen molar-refractivity contribution in [2.24, 2.45) is 11.8 Å². The summed E-state index contributed by atoms with van der Waals surface area (Å²) in [5.41, 5.74) is 0. The molecule has 0 amide bonds. The van der Waals surface area contributed by atoms with E-state index in [2.05, 4.69) is 18.7 Å². The summed E-state index contributed by atoms with van der Waals surface area (Å²) in [6.07, 6.45) is 7.91. The molecule has 2 rings (SSSR count). The van der Waals surface area contributed by atoms with E-state index in [1.54, 1.807) is 0 Å². The van der Waals surface area contributed by atoms with Crippen LogP contribution in [0.1, 0.15) is 52.4 Å². The summed E-state index contributed by atoms with van der Waals surface area (Å²) < 4.78 is 0. The number of rotatable bonds is 5. The van der Waals surface area contributed by atoms with E-state index in [1.807, 2.05) is 0 Å². The van der Waals surface area contributed by atoms with Crippen LogP contribution in [0.25, 0.3) is 0 Å². The first kappa shape index (κ1) is 12.9. The second kappa shape index (κ2) is 5.38. The lowest BCUT2D eigenvalue weighted by atomic mass is 9.81. The molecule has 0 bridgehead atoms. The van der Waals surface area contributed by atoms with Crippen molar-refractivity contribution in [3.05, 3.63) is 0 Å². The number of carbonyl (C=O) groups is 1. The number of carboxylic acid groups (broad SMARTS) is 1. The van der Waals surface area contributed by atoms with Gasteiger partial charge in [-0.05, 0) is 51.4 Å². The molecule has 98 valence electrons. The normalized spacial score (nSPS) is 29.9. The van der Waals surface area contributed by atoms with Crippen LogP contribution in [0.4, 0.5) is 0 Å². The largest absolute Gasteiger partial charge is 0.480 e. The summed E-state index contributed by atoms with van der Waals surface area (Å²) in [6.45, 7) is 4.44. The fourth-order valence-electron chi connectivity index (χ4n) is 3.39. The third-order valence-electron chi connectivity index (χ3n) is 4.43. The molecule has 2 atom stereocenters. The van der Waals surface area contributed by atoms with Crippen molar-refractivity contribution < 1.29 is 9.90 Å². The summed E-state index contributed by atoms with van der Waals surface area (Å²) in [7, 11) is 0. The van der Waals surface area contributed by atoms with E-state index < -0.39 is 5.97 Å². The Kier molecular flexibility index (Phi) is 4.08. The zero-order valence-corrected chi connectivity index (χ0v) is 11.1. The molecular weight excluding hydrogens is 214 g/mol. The van der Waals surface area contributed by atoms with Gasteiger partial charge in [-0.25, -0.2) is 0 Å². The SMILES string of the molecule is CC(C)N(CC(=O)O)C1CCCC(C2CC2)C1. The van der Waals surface area contributed by atoms with E-state index in [0.717, 1.165) is 11.8 Å². The van der Waals surface area contributed by atoms with Crippen LogP contribution in [0.15, 0.2) is 0 Å². The standard InChI is InChI=1S/C14H25NO2/c1-10(2)15(9-14(16)17)13-5-3-4-12(8-13)11-6-7-11/h10-13H,3-9H2,1-2H3,(H,16,17). The second-order valence-corrected chi connectivity index (χ2v) is 6.08. The first-order valence-corrected chi connectivity index (χ1v) is 7.05. The van der Waals surface area contributed by atoms with E-state index in [-0.39, 0.29) is 6.54 Å². The fraction of sp³-hybridized carbons (Fsp3) is 0.929. The number of hydrogen-bond acceptors (Lipinski definition) is 2. The zero-order chi connectivity index (χ0) is 12.4. The van der Waals surface area contributed by atoms with Gasteiger partial charge in [0.15, 0.2) is 0 Å². The highest BCUT2D eigenvalue weighted by molar-refractivity contribution is 5.69. The average Bonchev–Trinajstić information content (AvgIpc) is 3.09. The molecule has 2 unspecified atom stereocenters. The maximum Gasteiger partial charge on any atom is 0.317 e. The van der Waals surface area contributed by atoms with Crippen LogP contribution in [0.3, 0.4) is 0 Å². The van der Waals surface area contributed by atoms with Gasteiger partial charge in [-0.2, -0.15) is 0 Å². The summed E-state index contributed by atoms with van der Waals surface area (Å²) in [5, 5.41) is 9.01. The summed E-state index contributed by atoms with van der Waals surface area (Å²) in [5.74, 6) is 1.16. The molecule has 2 fully saturated rings. The van der Waals surface area contributed by atoms with E-state index in [1.165, 1.54) is 38.5 Å². The van der Waals surface area contributed by atoms with E-state index in [9.17, 15) is 4.79 Å². The Labute approximate surface area is 104 Å². The number of carboxylic acids is 1. The van der Waals surface area contributed by atoms with E-state index in [4.69, 9.17) is 5.11 Å². The summed E-state index contributed by atoms with van der Waals surface area (Å²) in [4.78, 5) is 13.1. The molecule has 2 saturated carbocycles. The predicted molar refractivity (Wildman–Crippen MR) is 67.9 cm³/mol. The van der Waals surface area contributed by atoms with Gasteiger partial charge in [-0.3, -0.25) is 9.69 Å². The van der Waals surface area contributed by atoms with Crippen molar-refractivity contribution in [1.82, 2.24) is 4.90 Å². The zero-order valence-electron chi connectivity index (χ0n) is 11.1. The lowest BCUT2D eigenvalue weighted by Crippen LogP contribution is -2.46. The molecule has 0 saturated heterocycles. The van der Waals surface area contributed by atoms with Gasteiger partial charge in [0.1, 0.15) is 0 Å². The first-order valence-electron chi connectivity index (χ1n) is 7.05. The Morgan fingerprint density at radius 2 is 1.94 bits per heavy atom. The van der Waals surface area contributed by atoms with Gasteiger partial charge in [0.25, 0.3) is 0 Å². The highest BCUT2D eigenvalue weighted by Gasteiger charge is 2.37. The third kappa shape index (κ3) is 3.44. The van der Waals surface area contributed by atoms with Crippen LogP contribution < -0.4 is 0 Å². The average molecular weight is 239 g/mol. The summed E-state index contributed by atoms with van der Waals surface area (Å²) in [6, 6.07) is 0.847. The topological polar surface area (TPSA) is 40.5 Å². The van der Waals surface area contributed by atoms with Crippen LogP contribution in [0.2, 0.25) is 0 Å². The molecule has 0 aliphatic heterocycles. The van der Waals surface area contributed by atoms with Gasteiger partial charge < -0.3 is 5.11 Å². The van der Waals surface area contributed by atoms with Crippen molar-refractivity contribution >= 4 is 5.97 Å². The Hall–Kier alpha value is -0.570. The monoisotopic (exact) mass is 239 g/mol. The lowest BCUT2D eigenvalue weighted by Gasteiger charge is -2.39. The highest BCUT2D eigenvalue weighted by atomic mass is 16.4. The number of aliphatic carboxylic acids is 1. The van der Waals surface area contributed by atoms with E-state index >= 15 is 0 Å². The van der Waals surface area contributed by atoms with Crippen LogP contribution in [0, 0.1) is 11.8 Å². The molecule has 0 aromatic carbocycles. The fourth-order valence-corrected chi connectivity index (χ4v) is 3.39. The van der Waals surface area contributed by atoms with Gasteiger partial charge >= 0.3 is 5.97 Å². The van der Waals surface area contributed by atoms with Crippen LogP contribution in [-0.2, 0) is 4.79 Å². The third-order valence-corrected chi connectivity index (χ3v) is 4.43. The Balaban J connectivity index is 1.94. The van der Waals surface area contributed by atoms with Gasteiger partial charge in [0.2, 0.25) is 0 Å². The van der Waals surface area contributed by atoms with Crippen LogP contribution in [-0.4, -0.2) is 34.6 Å². The molecule has 0 spiro atoms. The minimum atomic E-state index is -0.688. The molecule has 0 radical (unpaired) electrons. The van der Waals surface area contributed by atoms with E-state index in [0.29, 0.717) is 12.1 Å². The van der Waals surface area contributed by atoms with Crippen LogP contribution >= 0.6 is 0 Å². The summed E-state index contributed by atoms with van der Waals surface area (Å²) >= 11 is 0. The van der Waals surface area contributed by atoms with Crippen molar-refractivity contribution in [3.8, 4) is 0 Å². The van der Waals surface area contributed by atoms with Crippen molar-refractivity contribution in [2.45, 2.75) is 64.5 Å². The number of nitrogens with zero attached hydrogens (tertiary/aromatic N) is 1. The minimum absolute atomic E-state index is 0.208. The quantitative estimate of drug-likeness (QED) is 0.802. The first-order chi connectivity index (χ1) is 8.08. The maximum atomic E-state index is 10.9. The lowest BCUT2D eigenvalue weighted by molar-refractivity contribution is -0.139. The molecule has 3 heteroatoms.